The third-order valence-corrected chi connectivity index (χ3v) is 7.56. The molecule has 0 spiro atoms. The van der Waals surface area contributed by atoms with Gasteiger partial charge in [-0.3, -0.25) is 10.1 Å². The van der Waals surface area contributed by atoms with Crippen LogP contribution in [0.1, 0.15) is 17.7 Å². The van der Waals surface area contributed by atoms with Crippen molar-refractivity contribution in [3.05, 3.63) is 90.5 Å². The Morgan fingerprint density at radius 3 is 2.37 bits per heavy atom. The number of hydrogen-bond donors (Lipinski definition) is 3. The van der Waals surface area contributed by atoms with Crippen molar-refractivity contribution in [2.45, 2.75) is 22.2 Å². The molecule has 3 N–H and O–H groups in total. The van der Waals surface area contributed by atoms with Gasteiger partial charge in [-0.15, -0.1) is 11.8 Å². The summed E-state index contributed by atoms with van der Waals surface area (Å²) < 4.78 is 4.29. The molecule has 35 heavy (non-hydrogen) atoms. The molecule has 4 rings (SSSR count). The summed E-state index contributed by atoms with van der Waals surface area (Å²) in [6.07, 6.45) is 0. The summed E-state index contributed by atoms with van der Waals surface area (Å²) >= 11 is 9.66. The van der Waals surface area contributed by atoms with Crippen molar-refractivity contribution >= 4 is 74.8 Å². The molecule has 0 bridgehead atoms. The van der Waals surface area contributed by atoms with Crippen LogP contribution >= 0.6 is 47.3 Å². The van der Waals surface area contributed by atoms with E-state index in [-0.39, 0.29) is 5.91 Å². The van der Waals surface area contributed by atoms with Crippen LogP contribution in [-0.2, 0) is 4.79 Å². The molecule has 4 aromatic rings. The van der Waals surface area contributed by atoms with Crippen LogP contribution < -0.4 is 16.0 Å². The maximum atomic E-state index is 13.3. The summed E-state index contributed by atoms with van der Waals surface area (Å²) in [5.41, 5.74) is 2.65. The largest absolute Gasteiger partial charge is 0.332 e. The lowest BCUT2D eigenvalue weighted by Crippen LogP contribution is -2.19. The van der Waals surface area contributed by atoms with Gasteiger partial charge in [0, 0.05) is 27.8 Å². The van der Waals surface area contributed by atoms with Crippen molar-refractivity contribution in [2.75, 3.05) is 21.7 Å². The summed E-state index contributed by atoms with van der Waals surface area (Å²) in [5.74, 6) is 0.728. The second-order valence-electron chi connectivity index (χ2n) is 7.19. The molecular formula is C25H23N5OS4. The molecule has 0 saturated heterocycles. The van der Waals surface area contributed by atoms with E-state index in [1.807, 2.05) is 91.9 Å². The van der Waals surface area contributed by atoms with Crippen LogP contribution in [0.2, 0.25) is 0 Å². The summed E-state index contributed by atoms with van der Waals surface area (Å²) in [6, 6.07) is 27.3. The Morgan fingerprint density at radius 1 is 0.943 bits per heavy atom. The van der Waals surface area contributed by atoms with E-state index in [1.165, 1.54) is 23.3 Å². The van der Waals surface area contributed by atoms with Gasteiger partial charge in [-0.1, -0.05) is 73.3 Å². The summed E-state index contributed by atoms with van der Waals surface area (Å²) in [6.45, 7) is 2.04. The summed E-state index contributed by atoms with van der Waals surface area (Å²) in [4.78, 5) is 18.6. The maximum Gasteiger partial charge on any atom is 0.244 e. The lowest BCUT2D eigenvalue weighted by molar-refractivity contribution is -0.115. The monoisotopic (exact) mass is 537 g/mol. The molecule has 6 nitrogen and oxygen atoms in total. The number of nitrogens with zero attached hydrogens (tertiary/aromatic N) is 2. The van der Waals surface area contributed by atoms with Gasteiger partial charge in [-0.05, 0) is 53.9 Å². The number of nitrogens with one attached hydrogen (secondary N) is 3. The molecular weight excluding hydrogens is 515 g/mol. The average Bonchev–Trinajstić information content (AvgIpc) is 3.30. The van der Waals surface area contributed by atoms with Crippen LogP contribution in [-0.4, -0.2) is 26.1 Å². The Kier molecular flexibility index (Phi) is 9.13. The van der Waals surface area contributed by atoms with Crippen LogP contribution in [0.5, 0.6) is 0 Å². The van der Waals surface area contributed by atoms with Crippen molar-refractivity contribution in [2.24, 2.45) is 0 Å². The number of amides is 1. The predicted molar refractivity (Wildman–Crippen MR) is 153 cm³/mol. The van der Waals surface area contributed by atoms with E-state index in [9.17, 15) is 4.79 Å². The maximum absolute atomic E-state index is 13.3. The number of carbonyl (C=O) groups is 1. The lowest BCUT2D eigenvalue weighted by atomic mass is 10.1. The zero-order chi connectivity index (χ0) is 24.5. The molecule has 178 valence electrons. The van der Waals surface area contributed by atoms with E-state index >= 15 is 0 Å². The van der Waals surface area contributed by atoms with Crippen LogP contribution in [0.3, 0.4) is 0 Å². The number of thiocarbonyl (C=S) groups is 1. The Hall–Kier alpha value is -2.92. The van der Waals surface area contributed by atoms with Crippen molar-refractivity contribution in [3.63, 3.8) is 0 Å². The van der Waals surface area contributed by atoms with E-state index in [2.05, 4.69) is 25.3 Å². The minimum atomic E-state index is -0.466. The standard InChI is InChI=1S/C25H23N5OS4/c1-2-33-25-29-24(35-30-25)28-22(31)21(17-10-5-3-6-11-17)34-20-15-9-14-19(16-20)27-23(32)26-18-12-7-4-8-13-18/h3-16,21H,2H2,1H3,(H2,26,27,32)(H,28,29,30,31). The van der Waals surface area contributed by atoms with Gasteiger partial charge in [0.05, 0.1) is 0 Å². The fraction of sp³-hybridized carbons (Fsp3) is 0.120. The van der Waals surface area contributed by atoms with Crippen LogP contribution in [0.4, 0.5) is 16.5 Å². The van der Waals surface area contributed by atoms with Crippen molar-refractivity contribution < 1.29 is 4.79 Å². The molecule has 1 aromatic heterocycles. The highest BCUT2D eigenvalue weighted by Gasteiger charge is 2.23. The first kappa shape index (κ1) is 25.2. The first-order chi connectivity index (χ1) is 17.1. The number of rotatable bonds is 9. The molecule has 1 unspecified atom stereocenters. The fourth-order valence-corrected chi connectivity index (χ4v) is 5.71. The topological polar surface area (TPSA) is 78.9 Å². The van der Waals surface area contributed by atoms with Gasteiger partial charge < -0.3 is 10.6 Å². The van der Waals surface area contributed by atoms with E-state index in [4.69, 9.17) is 12.2 Å². The highest BCUT2D eigenvalue weighted by molar-refractivity contribution is 8.00. The van der Waals surface area contributed by atoms with Crippen molar-refractivity contribution in [1.82, 2.24) is 9.36 Å². The zero-order valence-corrected chi connectivity index (χ0v) is 22.1. The highest BCUT2D eigenvalue weighted by atomic mass is 32.2. The molecule has 0 aliphatic heterocycles. The minimum Gasteiger partial charge on any atom is -0.332 e. The molecule has 1 atom stereocenters. The number of thioether (sulfide) groups is 2. The van der Waals surface area contributed by atoms with Gasteiger partial charge in [-0.2, -0.15) is 9.36 Å². The molecule has 0 aliphatic rings. The highest BCUT2D eigenvalue weighted by Crippen LogP contribution is 2.37. The zero-order valence-electron chi connectivity index (χ0n) is 18.8. The van der Waals surface area contributed by atoms with Crippen molar-refractivity contribution in [3.8, 4) is 0 Å². The lowest BCUT2D eigenvalue weighted by Gasteiger charge is -2.17. The first-order valence-corrected chi connectivity index (χ1v) is 13.9. The summed E-state index contributed by atoms with van der Waals surface area (Å²) in [5, 5.41) is 10.5. The van der Waals surface area contributed by atoms with Gasteiger partial charge in [-0.25, -0.2) is 0 Å². The van der Waals surface area contributed by atoms with E-state index < -0.39 is 5.25 Å². The van der Waals surface area contributed by atoms with Crippen LogP contribution in [0.15, 0.2) is 95.0 Å². The predicted octanol–water partition coefficient (Wildman–Crippen LogP) is 6.93. The third-order valence-electron chi connectivity index (χ3n) is 4.63. The fourth-order valence-electron chi connectivity index (χ4n) is 3.12. The molecule has 1 amide bonds. The van der Waals surface area contributed by atoms with Crippen LogP contribution in [0, 0.1) is 0 Å². The van der Waals surface area contributed by atoms with Gasteiger partial charge in [0.2, 0.25) is 16.2 Å². The molecule has 10 heteroatoms. The quantitative estimate of drug-likeness (QED) is 0.157. The molecule has 0 radical (unpaired) electrons. The average molecular weight is 538 g/mol. The normalized spacial score (nSPS) is 11.5. The molecule has 0 fully saturated rings. The van der Waals surface area contributed by atoms with E-state index in [0.29, 0.717) is 15.4 Å². The Labute approximate surface area is 222 Å². The number of aromatic nitrogens is 2. The number of anilines is 3. The summed E-state index contributed by atoms with van der Waals surface area (Å²) in [7, 11) is 0. The molecule has 3 aromatic carbocycles. The smallest absolute Gasteiger partial charge is 0.244 e. The molecule has 1 heterocycles. The SMILES string of the molecule is CCSc1nsc(NC(=O)C(Sc2cccc(NC(=S)Nc3ccccc3)c2)c2ccccc2)n1. The molecule has 0 saturated carbocycles. The Bertz CT molecular complexity index is 1270. The second kappa shape index (κ2) is 12.7. The minimum absolute atomic E-state index is 0.148. The Morgan fingerprint density at radius 2 is 1.63 bits per heavy atom. The van der Waals surface area contributed by atoms with Gasteiger partial charge in [0.25, 0.3) is 0 Å². The van der Waals surface area contributed by atoms with Gasteiger partial charge >= 0.3 is 0 Å². The second-order valence-corrected chi connectivity index (χ2v) is 10.8. The number of carbonyl (C=O) groups excluding carboxylic acids is 1. The Balaban J connectivity index is 1.47. The van der Waals surface area contributed by atoms with E-state index in [1.54, 1.807) is 11.8 Å². The van der Waals surface area contributed by atoms with Gasteiger partial charge in [0.1, 0.15) is 5.25 Å². The first-order valence-electron chi connectivity index (χ1n) is 10.8. The van der Waals surface area contributed by atoms with Crippen molar-refractivity contribution in [1.29, 1.82) is 0 Å². The van der Waals surface area contributed by atoms with E-state index in [0.717, 1.165) is 27.6 Å². The molecule has 0 aliphatic carbocycles. The van der Waals surface area contributed by atoms with Gasteiger partial charge in [0.15, 0.2) is 5.11 Å². The number of hydrogen-bond acceptors (Lipinski definition) is 7. The number of para-hydroxylation sites is 1. The van der Waals surface area contributed by atoms with Crippen LogP contribution in [0.25, 0.3) is 0 Å². The number of benzene rings is 3. The third kappa shape index (κ3) is 7.53.